The van der Waals surface area contributed by atoms with Gasteiger partial charge in [-0.3, -0.25) is 4.79 Å². The lowest BCUT2D eigenvalue weighted by Gasteiger charge is -2.40. The second kappa shape index (κ2) is 13.3. The van der Waals surface area contributed by atoms with E-state index in [1.54, 1.807) is 12.1 Å². The van der Waals surface area contributed by atoms with Gasteiger partial charge in [-0.2, -0.15) is 0 Å². The van der Waals surface area contributed by atoms with Gasteiger partial charge in [0.25, 0.3) is 0 Å². The molecule has 1 fully saturated rings. The van der Waals surface area contributed by atoms with E-state index in [-0.39, 0.29) is 23.9 Å². The zero-order chi connectivity index (χ0) is 29.6. The lowest BCUT2D eigenvalue weighted by Crippen LogP contribution is -2.43. The summed E-state index contributed by atoms with van der Waals surface area (Å²) in [5, 5.41) is 0. The summed E-state index contributed by atoms with van der Waals surface area (Å²) >= 11 is 0. The van der Waals surface area contributed by atoms with Gasteiger partial charge in [-0.05, 0) is 87.1 Å². The van der Waals surface area contributed by atoms with Crippen LogP contribution in [-0.4, -0.2) is 28.8 Å². The van der Waals surface area contributed by atoms with Crippen molar-refractivity contribution in [1.29, 1.82) is 0 Å². The Hall–Kier alpha value is -3.74. The number of anilines is 1. The van der Waals surface area contributed by atoms with E-state index in [9.17, 15) is 9.18 Å². The van der Waals surface area contributed by atoms with Crippen LogP contribution in [0.25, 0.3) is 22.4 Å². The first-order chi connectivity index (χ1) is 19.6. The highest BCUT2D eigenvalue weighted by Gasteiger charge is 2.34. The van der Waals surface area contributed by atoms with Crippen LogP contribution < -0.4 is 5.73 Å². The minimum absolute atomic E-state index is 0.0436. The first-order valence-electron chi connectivity index (χ1n) is 14.3. The van der Waals surface area contributed by atoms with Gasteiger partial charge in [0, 0.05) is 29.1 Å². The summed E-state index contributed by atoms with van der Waals surface area (Å²) in [7, 11) is 0. The Morgan fingerprint density at radius 3 is 2.07 bits per heavy atom. The molecule has 2 atom stereocenters. The highest BCUT2D eigenvalue weighted by molar-refractivity contribution is 5.97. The number of nitrogens with two attached hydrogens (primary N) is 1. The van der Waals surface area contributed by atoms with Crippen molar-refractivity contribution in [1.82, 2.24) is 4.57 Å². The number of para-hydroxylation sites is 1. The molecular formula is C35H41FN2O3. The molecule has 2 N–H and O–H groups in total. The summed E-state index contributed by atoms with van der Waals surface area (Å²) in [4.78, 5) is 12.5. The minimum atomic E-state index is -0.622. The number of carbonyl (C=O) groups excluding carboxylic acids is 1. The summed E-state index contributed by atoms with van der Waals surface area (Å²) in [5.41, 5.74) is 11.6. The van der Waals surface area contributed by atoms with Crippen molar-refractivity contribution in [2.75, 3.05) is 5.73 Å². The number of hydrogen-bond donors (Lipinski definition) is 1. The quantitative estimate of drug-likeness (QED) is 0.183. The lowest BCUT2D eigenvalue weighted by molar-refractivity contribution is -0.297. The van der Waals surface area contributed by atoms with Gasteiger partial charge < -0.3 is 19.8 Å². The van der Waals surface area contributed by atoms with Crippen molar-refractivity contribution in [3.63, 3.8) is 0 Å². The molecule has 1 aromatic heterocycles. The van der Waals surface area contributed by atoms with Crippen molar-refractivity contribution in [2.45, 2.75) is 77.9 Å². The fraction of sp³-hybridized carbons (Fsp3) is 0.343. The van der Waals surface area contributed by atoms with E-state index in [4.69, 9.17) is 15.2 Å². The monoisotopic (exact) mass is 556 g/mol. The van der Waals surface area contributed by atoms with E-state index < -0.39 is 5.79 Å². The maximum Gasteiger partial charge on any atom is 0.163 e. The molecule has 41 heavy (non-hydrogen) atoms. The van der Waals surface area contributed by atoms with Crippen molar-refractivity contribution < 1.29 is 18.7 Å². The highest BCUT2D eigenvalue weighted by Crippen LogP contribution is 2.42. The molecule has 0 saturated carbocycles. The fourth-order valence-electron chi connectivity index (χ4n) is 5.72. The predicted molar refractivity (Wildman–Crippen MR) is 164 cm³/mol. The SMILES string of the molecule is CC(C)c1c(C=O)c(-c2ccccc2)c(-c2ccc(F)cc2)n1CC[C@@H]1C[C@H](C)OC(C)(C)O1.Nc1ccccc1. The average molecular weight is 557 g/mol. The molecule has 0 radical (unpaired) electrons. The zero-order valence-corrected chi connectivity index (χ0v) is 24.6. The van der Waals surface area contributed by atoms with Crippen LogP contribution >= 0.6 is 0 Å². The molecule has 0 amide bonds. The molecule has 1 aliphatic rings. The van der Waals surface area contributed by atoms with Crippen LogP contribution in [0.4, 0.5) is 10.1 Å². The number of nitrogens with zero attached hydrogens (tertiary/aromatic N) is 1. The third-order valence-electron chi connectivity index (χ3n) is 7.19. The Morgan fingerprint density at radius 1 is 0.951 bits per heavy atom. The second-order valence-electron chi connectivity index (χ2n) is 11.3. The molecular weight excluding hydrogens is 515 g/mol. The van der Waals surface area contributed by atoms with E-state index in [0.717, 1.165) is 52.9 Å². The molecule has 5 rings (SSSR count). The molecule has 3 aromatic carbocycles. The summed E-state index contributed by atoms with van der Waals surface area (Å²) in [6.07, 6.45) is 2.73. The fourth-order valence-corrected chi connectivity index (χ4v) is 5.72. The Bertz CT molecular complexity index is 1410. The molecule has 4 aromatic rings. The van der Waals surface area contributed by atoms with Gasteiger partial charge >= 0.3 is 0 Å². The van der Waals surface area contributed by atoms with E-state index in [1.165, 1.54) is 12.1 Å². The number of nitrogen functional groups attached to an aromatic ring is 1. The maximum absolute atomic E-state index is 13.8. The Labute approximate surface area is 243 Å². The van der Waals surface area contributed by atoms with Gasteiger partial charge in [-0.15, -0.1) is 0 Å². The average Bonchev–Trinajstić information content (AvgIpc) is 3.27. The van der Waals surface area contributed by atoms with Gasteiger partial charge in [0.15, 0.2) is 12.1 Å². The van der Waals surface area contributed by atoms with Crippen molar-refractivity contribution >= 4 is 12.0 Å². The number of halogens is 1. The van der Waals surface area contributed by atoms with Gasteiger partial charge in [0.1, 0.15) is 5.82 Å². The molecule has 1 saturated heterocycles. The number of carbonyl (C=O) groups is 1. The molecule has 1 aliphatic heterocycles. The second-order valence-corrected chi connectivity index (χ2v) is 11.3. The molecule has 6 heteroatoms. The normalized spacial score (nSPS) is 18.0. The lowest BCUT2D eigenvalue weighted by atomic mass is 9.96. The molecule has 0 bridgehead atoms. The third-order valence-corrected chi connectivity index (χ3v) is 7.19. The molecule has 5 nitrogen and oxygen atoms in total. The Morgan fingerprint density at radius 2 is 1.56 bits per heavy atom. The standard InChI is InChI=1S/C29H34FNO3.C6H7N/c1-19(2)27-25(18-32)26(21-9-7-6-8-10-21)28(22-11-13-23(30)14-12-22)31(27)16-15-24-17-20(3)33-29(4,5)34-24;7-6-4-2-1-3-5-6/h6-14,18-20,24H,15-17H2,1-5H3;1-5H,7H2/t20-,24+;/m0./s1. The van der Waals surface area contributed by atoms with E-state index >= 15 is 0 Å². The number of ether oxygens (including phenoxy) is 2. The largest absolute Gasteiger partial charge is 0.399 e. The summed E-state index contributed by atoms with van der Waals surface area (Å²) in [6, 6.07) is 26.0. The summed E-state index contributed by atoms with van der Waals surface area (Å²) < 4.78 is 28.2. The smallest absolute Gasteiger partial charge is 0.163 e. The van der Waals surface area contributed by atoms with Crippen molar-refractivity contribution in [3.05, 3.63) is 102 Å². The van der Waals surface area contributed by atoms with Gasteiger partial charge in [0.05, 0.1) is 17.9 Å². The van der Waals surface area contributed by atoms with E-state index in [2.05, 4.69) is 25.3 Å². The van der Waals surface area contributed by atoms with Crippen molar-refractivity contribution in [2.24, 2.45) is 0 Å². The van der Waals surface area contributed by atoms with Crippen LogP contribution in [0, 0.1) is 5.82 Å². The first-order valence-corrected chi connectivity index (χ1v) is 14.3. The van der Waals surface area contributed by atoms with E-state index in [1.807, 2.05) is 74.5 Å². The summed E-state index contributed by atoms with van der Waals surface area (Å²) in [5.74, 6) is -0.777. The third kappa shape index (κ3) is 7.51. The number of hydrogen-bond acceptors (Lipinski definition) is 4. The van der Waals surface area contributed by atoms with Crippen molar-refractivity contribution in [3.8, 4) is 22.4 Å². The predicted octanol–water partition coefficient (Wildman–Crippen LogP) is 8.49. The van der Waals surface area contributed by atoms with Crippen LogP contribution in [0.2, 0.25) is 0 Å². The molecule has 0 aliphatic carbocycles. The van der Waals surface area contributed by atoms with Gasteiger partial charge in [-0.25, -0.2) is 4.39 Å². The number of aldehydes is 1. The van der Waals surface area contributed by atoms with Crippen LogP contribution in [0.5, 0.6) is 0 Å². The van der Waals surface area contributed by atoms with Gasteiger partial charge in [0.2, 0.25) is 0 Å². The van der Waals surface area contributed by atoms with E-state index in [0.29, 0.717) is 12.1 Å². The highest BCUT2D eigenvalue weighted by atomic mass is 19.1. The van der Waals surface area contributed by atoms with Crippen LogP contribution in [0.15, 0.2) is 84.9 Å². The number of rotatable bonds is 7. The van der Waals surface area contributed by atoms with Crippen LogP contribution in [0.3, 0.4) is 0 Å². The summed E-state index contributed by atoms with van der Waals surface area (Å²) in [6.45, 7) is 10.9. The van der Waals surface area contributed by atoms with Gasteiger partial charge in [-0.1, -0.05) is 62.4 Å². The molecule has 216 valence electrons. The maximum atomic E-state index is 13.8. The topological polar surface area (TPSA) is 66.5 Å². The minimum Gasteiger partial charge on any atom is -0.399 e. The Kier molecular flexibility index (Phi) is 9.79. The first kappa shape index (κ1) is 30.2. The van der Waals surface area contributed by atoms with Crippen LogP contribution in [-0.2, 0) is 16.0 Å². The zero-order valence-electron chi connectivity index (χ0n) is 24.6. The number of aromatic nitrogens is 1. The molecule has 0 unspecified atom stereocenters. The Balaban J connectivity index is 0.000000483. The number of benzene rings is 3. The van der Waals surface area contributed by atoms with Crippen LogP contribution in [0.1, 0.15) is 69.4 Å². The molecule has 2 heterocycles. The molecule has 0 spiro atoms.